The molecule has 1 aromatic heterocycles. The van der Waals surface area contributed by atoms with Gasteiger partial charge < -0.3 is 14.7 Å². The van der Waals surface area contributed by atoms with E-state index in [1.165, 1.54) is 6.20 Å². The smallest absolute Gasteiger partial charge is 0.295 e. The quantitative estimate of drug-likeness (QED) is 0.286. The molecule has 1 amide bonds. The highest BCUT2D eigenvalue weighted by molar-refractivity contribution is 9.10. The van der Waals surface area contributed by atoms with Crippen molar-refractivity contribution in [2.45, 2.75) is 13.0 Å². The van der Waals surface area contributed by atoms with E-state index < -0.39 is 17.7 Å². The monoisotopic (exact) mass is 550 g/mol. The molecule has 2 aliphatic rings. The van der Waals surface area contributed by atoms with Crippen LogP contribution in [0.2, 0.25) is 0 Å². The molecule has 5 rings (SSSR count). The number of ketones is 1. The van der Waals surface area contributed by atoms with Gasteiger partial charge in [0.25, 0.3) is 11.7 Å². The number of ether oxygens (including phenoxy) is 1. The standard InChI is InChI=1S/C27H27BrN4O4/c1-18-22(17-29-32(18)21-8-3-2-4-9-21)25(33)23-24(19-6-5-7-20(28)16-19)31(27(35)26(23)34)11-10-30-12-14-36-15-13-30/h2-9,16-17,24,33H,10-15H2,1H3/b25-23+. The number of nitrogens with zero attached hydrogens (tertiary/aromatic N) is 4. The Hall–Kier alpha value is -3.27. The number of amides is 1. The molecule has 186 valence electrons. The largest absolute Gasteiger partial charge is 0.507 e. The van der Waals surface area contributed by atoms with Crippen LogP contribution in [0.25, 0.3) is 11.4 Å². The fraction of sp³-hybridized carbons (Fsp3) is 0.296. The van der Waals surface area contributed by atoms with Gasteiger partial charge in [0.2, 0.25) is 0 Å². The van der Waals surface area contributed by atoms with Gasteiger partial charge >= 0.3 is 0 Å². The van der Waals surface area contributed by atoms with E-state index in [2.05, 4.69) is 25.9 Å². The molecule has 0 radical (unpaired) electrons. The Morgan fingerprint density at radius 3 is 2.56 bits per heavy atom. The van der Waals surface area contributed by atoms with Gasteiger partial charge in [-0.15, -0.1) is 0 Å². The highest BCUT2D eigenvalue weighted by Gasteiger charge is 2.46. The van der Waals surface area contributed by atoms with Crippen LogP contribution in [0, 0.1) is 6.92 Å². The van der Waals surface area contributed by atoms with Crippen molar-refractivity contribution in [3.8, 4) is 5.69 Å². The van der Waals surface area contributed by atoms with Crippen molar-refractivity contribution in [3.63, 3.8) is 0 Å². The number of likely N-dealkylation sites (tertiary alicyclic amines) is 1. The first kappa shape index (κ1) is 24.4. The molecular weight excluding hydrogens is 524 g/mol. The number of aromatic nitrogens is 2. The lowest BCUT2D eigenvalue weighted by atomic mass is 9.95. The number of aliphatic hydroxyl groups is 1. The zero-order valence-electron chi connectivity index (χ0n) is 19.9. The lowest BCUT2D eigenvalue weighted by molar-refractivity contribution is -0.140. The minimum Gasteiger partial charge on any atom is -0.507 e. The highest BCUT2D eigenvalue weighted by Crippen LogP contribution is 2.40. The molecule has 2 saturated heterocycles. The molecule has 2 aliphatic heterocycles. The number of aliphatic hydroxyl groups excluding tert-OH is 1. The van der Waals surface area contributed by atoms with Gasteiger partial charge in [0.15, 0.2) is 0 Å². The van der Waals surface area contributed by atoms with E-state index in [0.717, 1.165) is 28.8 Å². The van der Waals surface area contributed by atoms with Gasteiger partial charge in [-0.05, 0) is 36.8 Å². The average molecular weight is 551 g/mol. The number of Topliss-reactive ketones (excluding diaryl/α,β-unsaturated/α-hetero) is 1. The lowest BCUT2D eigenvalue weighted by Crippen LogP contribution is -2.42. The van der Waals surface area contributed by atoms with E-state index in [1.54, 1.807) is 9.58 Å². The van der Waals surface area contributed by atoms with Crippen molar-refractivity contribution >= 4 is 33.4 Å². The number of hydrogen-bond acceptors (Lipinski definition) is 6. The van der Waals surface area contributed by atoms with Crippen molar-refractivity contribution < 1.29 is 19.4 Å². The Labute approximate surface area is 217 Å². The van der Waals surface area contributed by atoms with Gasteiger partial charge in [0, 0.05) is 30.7 Å². The number of hydrogen-bond donors (Lipinski definition) is 1. The Kier molecular flexibility index (Phi) is 7.04. The van der Waals surface area contributed by atoms with Gasteiger partial charge in [-0.25, -0.2) is 4.68 Å². The van der Waals surface area contributed by atoms with E-state index >= 15 is 0 Å². The van der Waals surface area contributed by atoms with Crippen LogP contribution in [0.15, 0.2) is 70.8 Å². The van der Waals surface area contributed by atoms with Gasteiger partial charge in [0.05, 0.1) is 48.0 Å². The second-order valence-electron chi connectivity index (χ2n) is 8.89. The van der Waals surface area contributed by atoms with Crippen molar-refractivity contribution in [3.05, 3.63) is 87.7 Å². The van der Waals surface area contributed by atoms with Crippen LogP contribution >= 0.6 is 15.9 Å². The van der Waals surface area contributed by atoms with Crippen LogP contribution in [0.3, 0.4) is 0 Å². The first-order chi connectivity index (χ1) is 17.5. The molecule has 0 bridgehead atoms. The first-order valence-electron chi connectivity index (χ1n) is 11.9. The second kappa shape index (κ2) is 10.4. The number of halogens is 1. The normalized spacial score (nSPS) is 20.3. The van der Waals surface area contributed by atoms with Gasteiger partial charge in [-0.1, -0.05) is 46.3 Å². The first-order valence-corrected chi connectivity index (χ1v) is 12.7. The molecule has 1 unspecified atom stereocenters. The Balaban J connectivity index is 1.56. The number of para-hydroxylation sites is 1. The third-order valence-electron chi connectivity index (χ3n) is 6.73. The summed E-state index contributed by atoms with van der Waals surface area (Å²) in [5, 5.41) is 15.9. The number of carbonyl (C=O) groups is 2. The number of benzene rings is 2. The second-order valence-corrected chi connectivity index (χ2v) is 9.81. The van der Waals surface area contributed by atoms with Crippen LogP contribution < -0.4 is 0 Å². The molecule has 1 atom stereocenters. The number of rotatable bonds is 6. The molecule has 3 aromatic rings. The molecule has 9 heteroatoms. The Bertz CT molecular complexity index is 1310. The Morgan fingerprint density at radius 1 is 1.08 bits per heavy atom. The number of morpholine rings is 1. The molecule has 0 aliphatic carbocycles. The summed E-state index contributed by atoms with van der Waals surface area (Å²) in [6.07, 6.45) is 1.54. The van der Waals surface area contributed by atoms with Crippen LogP contribution in [0.5, 0.6) is 0 Å². The summed E-state index contributed by atoms with van der Waals surface area (Å²) in [5.74, 6) is -1.51. The summed E-state index contributed by atoms with van der Waals surface area (Å²) >= 11 is 3.50. The molecule has 2 fully saturated rings. The van der Waals surface area contributed by atoms with E-state index in [9.17, 15) is 14.7 Å². The predicted molar refractivity (Wildman–Crippen MR) is 139 cm³/mol. The molecule has 1 N–H and O–H groups in total. The fourth-order valence-electron chi connectivity index (χ4n) is 4.82. The third kappa shape index (κ3) is 4.61. The summed E-state index contributed by atoms with van der Waals surface area (Å²) in [6, 6.07) is 16.3. The summed E-state index contributed by atoms with van der Waals surface area (Å²) < 4.78 is 7.96. The van der Waals surface area contributed by atoms with E-state index in [-0.39, 0.29) is 11.3 Å². The zero-order valence-corrected chi connectivity index (χ0v) is 21.5. The molecule has 3 heterocycles. The summed E-state index contributed by atoms with van der Waals surface area (Å²) in [7, 11) is 0. The minimum absolute atomic E-state index is 0.0794. The maximum absolute atomic E-state index is 13.4. The third-order valence-corrected chi connectivity index (χ3v) is 7.22. The summed E-state index contributed by atoms with van der Waals surface area (Å²) in [4.78, 5) is 30.4. The van der Waals surface area contributed by atoms with Crippen molar-refractivity contribution in [2.75, 3.05) is 39.4 Å². The van der Waals surface area contributed by atoms with E-state index in [1.807, 2.05) is 61.5 Å². The van der Waals surface area contributed by atoms with Gasteiger partial charge in [-0.3, -0.25) is 14.5 Å². The predicted octanol–water partition coefficient (Wildman–Crippen LogP) is 3.70. The topological polar surface area (TPSA) is 87.9 Å². The molecule has 0 spiro atoms. The van der Waals surface area contributed by atoms with Crippen LogP contribution in [0.4, 0.5) is 0 Å². The minimum atomic E-state index is -0.706. The Morgan fingerprint density at radius 2 is 1.83 bits per heavy atom. The summed E-state index contributed by atoms with van der Waals surface area (Å²) in [5.41, 5.74) is 2.76. The van der Waals surface area contributed by atoms with Crippen LogP contribution in [-0.2, 0) is 14.3 Å². The number of carbonyl (C=O) groups excluding carboxylic acids is 2. The van der Waals surface area contributed by atoms with Gasteiger partial charge in [0.1, 0.15) is 5.76 Å². The summed E-state index contributed by atoms with van der Waals surface area (Å²) in [6.45, 7) is 5.67. The molecule has 8 nitrogen and oxygen atoms in total. The molecular formula is C27H27BrN4O4. The van der Waals surface area contributed by atoms with Crippen molar-refractivity contribution in [1.29, 1.82) is 0 Å². The molecule has 0 saturated carbocycles. The average Bonchev–Trinajstić information content (AvgIpc) is 3.40. The fourth-order valence-corrected chi connectivity index (χ4v) is 5.24. The van der Waals surface area contributed by atoms with Crippen molar-refractivity contribution in [2.24, 2.45) is 0 Å². The van der Waals surface area contributed by atoms with Crippen LogP contribution in [-0.4, -0.2) is 75.8 Å². The SMILES string of the molecule is Cc1c(/C(O)=C2\C(=O)C(=O)N(CCN3CCOCC3)C2c2cccc(Br)c2)cnn1-c1ccccc1. The zero-order chi connectivity index (χ0) is 25.2. The maximum atomic E-state index is 13.4. The highest BCUT2D eigenvalue weighted by atomic mass is 79.9. The molecule has 2 aromatic carbocycles. The van der Waals surface area contributed by atoms with Crippen LogP contribution in [0.1, 0.15) is 22.9 Å². The van der Waals surface area contributed by atoms with Crippen molar-refractivity contribution in [1.82, 2.24) is 19.6 Å². The van der Waals surface area contributed by atoms with Gasteiger partial charge in [-0.2, -0.15) is 5.10 Å². The lowest BCUT2D eigenvalue weighted by Gasteiger charge is -2.31. The van der Waals surface area contributed by atoms with E-state index in [0.29, 0.717) is 37.6 Å². The molecule has 36 heavy (non-hydrogen) atoms. The van der Waals surface area contributed by atoms with E-state index in [4.69, 9.17) is 4.74 Å². The maximum Gasteiger partial charge on any atom is 0.295 e.